The first-order valence-corrected chi connectivity index (χ1v) is 8.66. The molecule has 0 spiro atoms. The summed E-state index contributed by atoms with van der Waals surface area (Å²) in [5, 5.41) is 5.77. The van der Waals surface area contributed by atoms with Gasteiger partial charge in [0.05, 0.1) is 10.0 Å². The summed E-state index contributed by atoms with van der Waals surface area (Å²) in [5.41, 5.74) is 0.424. The lowest BCUT2D eigenvalue weighted by Gasteiger charge is -2.23. The van der Waals surface area contributed by atoms with E-state index >= 15 is 0 Å². The molecule has 1 aliphatic heterocycles. The first kappa shape index (κ1) is 16.2. The van der Waals surface area contributed by atoms with E-state index in [1.807, 2.05) is 0 Å². The number of likely N-dealkylation sites (tertiary alicyclic amines) is 1. The third-order valence-corrected chi connectivity index (χ3v) is 5.07. The minimum atomic E-state index is -0.499. The predicted molar refractivity (Wildman–Crippen MR) is 91.3 cm³/mol. The minimum absolute atomic E-state index is 0.217. The Kier molecular flexibility index (Phi) is 4.84. The fraction of sp³-hybridized carbons (Fsp3) is 0.267. The van der Waals surface area contributed by atoms with Crippen LogP contribution in [0.15, 0.2) is 29.8 Å². The SMILES string of the molecule is O=C(Nc1nccs1)[C@@H]1CCCN1C(=O)c1ccc(Cl)c(Cl)c1. The Morgan fingerprint density at radius 1 is 1.30 bits per heavy atom. The van der Waals surface area contributed by atoms with Crippen molar-refractivity contribution >= 4 is 51.5 Å². The number of rotatable bonds is 3. The summed E-state index contributed by atoms with van der Waals surface area (Å²) in [6.45, 7) is 0.537. The molecular weight excluding hydrogens is 357 g/mol. The summed E-state index contributed by atoms with van der Waals surface area (Å²) < 4.78 is 0. The second kappa shape index (κ2) is 6.86. The van der Waals surface area contributed by atoms with Crippen LogP contribution in [0.25, 0.3) is 0 Å². The summed E-state index contributed by atoms with van der Waals surface area (Å²) in [6.07, 6.45) is 3.03. The maximum Gasteiger partial charge on any atom is 0.254 e. The van der Waals surface area contributed by atoms with Crippen molar-refractivity contribution in [1.29, 1.82) is 0 Å². The Hall–Kier alpha value is -1.63. The van der Waals surface area contributed by atoms with Crippen LogP contribution in [0.4, 0.5) is 5.13 Å². The number of carbonyl (C=O) groups excluding carboxylic acids is 2. The molecule has 0 unspecified atom stereocenters. The van der Waals surface area contributed by atoms with E-state index in [1.165, 1.54) is 17.4 Å². The Balaban J connectivity index is 1.76. The quantitative estimate of drug-likeness (QED) is 0.896. The van der Waals surface area contributed by atoms with Crippen LogP contribution >= 0.6 is 34.5 Å². The van der Waals surface area contributed by atoms with E-state index in [0.717, 1.165) is 6.42 Å². The zero-order valence-corrected chi connectivity index (χ0v) is 14.3. The van der Waals surface area contributed by atoms with Crippen LogP contribution in [-0.4, -0.2) is 34.3 Å². The smallest absolute Gasteiger partial charge is 0.254 e. The van der Waals surface area contributed by atoms with Crippen LogP contribution in [0, 0.1) is 0 Å². The fourth-order valence-electron chi connectivity index (χ4n) is 2.55. The highest BCUT2D eigenvalue weighted by Gasteiger charge is 2.34. The summed E-state index contributed by atoms with van der Waals surface area (Å²) in [4.78, 5) is 30.7. The van der Waals surface area contributed by atoms with Crippen LogP contribution in [0.2, 0.25) is 10.0 Å². The highest BCUT2D eigenvalue weighted by atomic mass is 35.5. The first-order chi connectivity index (χ1) is 11.1. The van der Waals surface area contributed by atoms with E-state index in [2.05, 4.69) is 10.3 Å². The van der Waals surface area contributed by atoms with Crippen LogP contribution in [-0.2, 0) is 4.79 Å². The van der Waals surface area contributed by atoms with Gasteiger partial charge in [0, 0.05) is 23.7 Å². The molecule has 5 nitrogen and oxygen atoms in total. The number of anilines is 1. The largest absolute Gasteiger partial charge is 0.327 e. The van der Waals surface area contributed by atoms with Gasteiger partial charge in [-0.25, -0.2) is 4.98 Å². The van der Waals surface area contributed by atoms with Crippen molar-refractivity contribution in [3.05, 3.63) is 45.4 Å². The van der Waals surface area contributed by atoms with E-state index in [4.69, 9.17) is 23.2 Å². The van der Waals surface area contributed by atoms with Gasteiger partial charge in [-0.05, 0) is 31.0 Å². The maximum atomic E-state index is 12.7. The lowest BCUT2D eigenvalue weighted by atomic mass is 10.1. The molecule has 2 heterocycles. The Labute approximate surface area is 147 Å². The molecule has 2 amide bonds. The number of hydrogen-bond donors (Lipinski definition) is 1. The molecule has 0 aliphatic carbocycles. The molecule has 2 aromatic rings. The number of aromatic nitrogens is 1. The van der Waals surface area contributed by atoms with Gasteiger partial charge in [-0.15, -0.1) is 11.3 Å². The van der Waals surface area contributed by atoms with Gasteiger partial charge in [0.25, 0.3) is 5.91 Å². The van der Waals surface area contributed by atoms with Crippen molar-refractivity contribution in [2.45, 2.75) is 18.9 Å². The first-order valence-electron chi connectivity index (χ1n) is 7.02. The number of nitrogens with zero attached hydrogens (tertiary/aromatic N) is 2. The maximum absolute atomic E-state index is 12.7. The highest BCUT2D eigenvalue weighted by Crippen LogP contribution is 2.26. The van der Waals surface area contributed by atoms with Crippen molar-refractivity contribution in [3.8, 4) is 0 Å². The van der Waals surface area contributed by atoms with Gasteiger partial charge in [-0.1, -0.05) is 23.2 Å². The molecule has 0 radical (unpaired) electrons. The van der Waals surface area contributed by atoms with Crippen molar-refractivity contribution in [3.63, 3.8) is 0 Å². The van der Waals surface area contributed by atoms with Gasteiger partial charge in [-0.2, -0.15) is 0 Å². The second-order valence-corrected chi connectivity index (χ2v) is 6.82. The number of halogens is 2. The lowest BCUT2D eigenvalue weighted by Crippen LogP contribution is -2.43. The zero-order valence-electron chi connectivity index (χ0n) is 12.0. The van der Waals surface area contributed by atoms with Gasteiger partial charge in [0.2, 0.25) is 5.91 Å². The molecule has 3 rings (SSSR count). The van der Waals surface area contributed by atoms with Crippen molar-refractivity contribution in [1.82, 2.24) is 9.88 Å². The van der Waals surface area contributed by atoms with Gasteiger partial charge in [-0.3, -0.25) is 9.59 Å². The highest BCUT2D eigenvalue weighted by molar-refractivity contribution is 7.13. The van der Waals surface area contributed by atoms with Crippen LogP contribution in [0.5, 0.6) is 0 Å². The summed E-state index contributed by atoms with van der Waals surface area (Å²) in [6, 6.07) is 4.23. The molecule has 120 valence electrons. The van der Waals surface area contributed by atoms with Crippen molar-refractivity contribution < 1.29 is 9.59 Å². The standard InChI is InChI=1S/C15H13Cl2N3O2S/c16-10-4-3-9(8-11(10)17)14(22)20-6-1-2-12(20)13(21)19-15-18-5-7-23-15/h3-5,7-8,12H,1-2,6H2,(H,18,19,21)/t12-/m0/s1. The van der Waals surface area contributed by atoms with Gasteiger partial charge in [0.15, 0.2) is 5.13 Å². The average Bonchev–Trinajstić information content (AvgIpc) is 3.20. The molecule has 1 N–H and O–H groups in total. The lowest BCUT2D eigenvalue weighted by molar-refractivity contribution is -0.119. The third kappa shape index (κ3) is 3.49. The van der Waals surface area contributed by atoms with E-state index in [9.17, 15) is 9.59 Å². The van der Waals surface area contributed by atoms with Crippen LogP contribution in [0.1, 0.15) is 23.2 Å². The Bertz CT molecular complexity index is 736. The zero-order chi connectivity index (χ0) is 16.4. The molecule has 1 aromatic carbocycles. The van der Waals surface area contributed by atoms with Crippen molar-refractivity contribution in [2.75, 3.05) is 11.9 Å². The van der Waals surface area contributed by atoms with E-state index in [0.29, 0.717) is 33.7 Å². The van der Waals surface area contributed by atoms with Gasteiger partial charge >= 0.3 is 0 Å². The van der Waals surface area contributed by atoms with E-state index < -0.39 is 6.04 Å². The molecule has 0 bridgehead atoms. The Morgan fingerprint density at radius 3 is 2.83 bits per heavy atom. The molecule has 1 aliphatic rings. The van der Waals surface area contributed by atoms with E-state index in [1.54, 1.807) is 28.6 Å². The normalized spacial score (nSPS) is 17.3. The molecule has 1 saturated heterocycles. The number of benzene rings is 1. The summed E-state index contributed by atoms with van der Waals surface area (Å²) in [5.74, 6) is -0.439. The monoisotopic (exact) mass is 369 g/mol. The number of hydrogen-bond acceptors (Lipinski definition) is 4. The molecule has 1 atom stereocenters. The molecule has 1 fully saturated rings. The molecule has 23 heavy (non-hydrogen) atoms. The summed E-state index contributed by atoms with van der Waals surface area (Å²) in [7, 11) is 0. The topological polar surface area (TPSA) is 62.3 Å². The number of carbonyl (C=O) groups is 2. The molecule has 0 saturated carbocycles. The number of amides is 2. The Morgan fingerprint density at radius 2 is 2.13 bits per heavy atom. The minimum Gasteiger partial charge on any atom is -0.327 e. The summed E-state index contributed by atoms with van der Waals surface area (Å²) >= 11 is 13.2. The number of nitrogens with one attached hydrogen (secondary N) is 1. The fourth-order valence-corrected chi connectivity index (χ4v) is 3.38. The van der Waals surface area contributed by atoms with Crippen LogP contribution in [0.3, 0.4) is 0 Å². The van der Waals surface area contributed by atoms with Gasteiger partial charge in [0.1, 0.15) is 6.04 Å². The molecule has 8 heteroatoms. The molecular formula is C15H13Cl2N3O2S. The van der Waals surface area contributed by atoms with E-state index in [-0.39, 0.29) is 11.8 Å². The van der Waals surface area contributed by atoms with Crippen molar-refractivity contribution in [2.24, 2.45) is 0 Å². The number of thiazole rings is 1. The third-order valence-electron chi connectivity index (χ3n) is 3.65. The molecule has 1 aromatic heterocycles. The van der Waals surface area contributed by atoms with Gasteiger partial charge < -0.3 is 10.2 Å². The second-order valence-electron chi connectivity index (χ2n) is 5.11. The van der Waals surface area contributed by atoms with Crippen LogP contribution < -0.4 is 5.32 Å². The average molecular weight is 370 g/mol. The predicted octanol–water partition coefficient (Wildman–Crippen LogP) is 3.69.